The first-order valence-corrected chi connectivity index (χ1v) is 12.6. The first-order chi connectivity index (χ1) is 12.7. The highest BCUT2D eigenvalue weighted by Crippen LogP contribution is 2.47. The summed E-state index contributed by atoms with van der Waals surface area (Å²) >= 11 is 0. The smallest absolute Gasteiger partial charge is 0.0884 e. The molecule has 0 fully saturated rings. The molecule has 0 saturated carbocycles. The number of unbranched alkanes of at least 4 members (excludes halogenated alkanes) is 5. The summed E-state index contributed by atoms with van der Waals surface area (Å²) in [6.07, 6.45) is 12.2. The third-order valence-electron chi connectivity index (χ3n) is 5.22. The lowest BCUT2D eigenvalue weighted by molar-refractivity contribution is 0.566. The Hall–Kier alpha value is -1.33. The van der Waals surface area contributed by atoms with Crippen LogP contribution in [0.2, 0.25) is 0 Å². The highest BCUT2D eigenvalue weighted by atomic mass is 31.2. The molecule has 2 rings (SSSR count). The van der Waals surface area contributed by atoms with Crippen molar-refractivity contribution in [1.29, 1.82) is 0 Å². The van der Waals surface area contributed by atoms with E-state index in [2.05, 4.69) is 67.6 Å². The summed E-state index contributed by atoms with van der Waals surface area (Å²) in [6, 6.07) is 21.1. The Balaban J connectivity index is 1.87. The SMILES string of the molecule is CCCCCCCCP(=O)(CCc1ccccc1)CCc1ccccc1. The van der Waals surface area contributed by atoms with Gasteiger partial charge in [0.2, 0.25) is 0 Å². The van der Waals surface area contributed by atoms with Crippen LogP contribution < -0.4 is 0 Å². The van der Waals surface area contributed by atoms with E-state index in [4.69, 9.17) is 0 Å². The lowest BCUT2D eigenvalue weighted by Crippen LogP contribution is -2.05. The zero-order valence-electron chi connectivity index (χ0n) is 16.4. The summed E-state index contributed by atoms with van der Waals surface area (Å²) in [5, 5.41) is 0. The predicted molar refractivity (Wildman–Crippen MR) is 116 cm³/mol. The van der Waals surface area contributed by atoms with Gasteiger partial charge in [-0.25, -0.2) is 0 Å². The second-order valence-electron chi connectivity index (χ2n) is 7.47. The minimum atomic E-state index is -2.11. The number of rotatable bonds is 13. The van der Waals surface area contributed by atoms with Gasteiger partial charge in [-0.05, 0) is 30.4 Å². The van der Waals surface area contributed by atoms with Gasteiger partial charge in [0.25, 0.3) is 0 Å². The molecule has 1 nitrogen and oxygen atoms in total. The standard InChI is InChI=1S/C24H35OP/c1-2-3-4-5-6-13-20-26(25,21-18-23-14-9-7-10-15-23)22-19-24-16-11-8-12-17-24/h7-12,14-17H,2-6,13,18-22H2,1H3. The molecule has 0 bridgehead atoms. The predicted octanol–water partition coefficient (Wildman–Crippen LogP) is 7.20. The van der Waals surface area contributed by atoms with Crippen molar-refractivity contribution in [3.05, 3.63) is 71.8 Å². The Morgan fingerprint density at radius 3 is 1.58 bits per heavy atom. The first-order valence-electron chi connectivity index (χ1n) is 10.4. The van der Waals surface area contributed by atoms with Gasteiger partial charge in [-0.15, -0.1) is 0 Å². The van der Waals surface area contributed by atoms with Crippen LogP contribution in [0, 0.1) is 0 Å². The molecule has 0 saturated heterocycles. The average Bonchev–Trinajstić information content (AvgIpc) is 2.69. The van der Waals surface area contributed by atoms with Crippen LogP contribution in [0.15, 0.2) is 60.7 Å². The molecule has 2 heteroatoms. The van der Waals surface area contributed by atoms with E-state index >= 15 is 0 Å². The van der Waals surface area contributed by atoms with E-state index in [9.17, 15) is 4.57 Å². The Labute approximate surface area is 160 Å². The molecule has 26 heavy (non-hydrogen) atoms. The lowest BCUT2D eigenvalue weighted by Gasteiger charge is -2.19. The minimum absolute atomic E-state index is 0.860. The summed E-state index contributed by atoms with van der Waals surface area (Å²) in [6.45, 7) is 2.25. The molecule has 2 aromatic carbocycles. The van der Waals surface area contributed by atoms with E-state index in [-0.39, 0.29) is 0 Å². The molecule has 0 atom stereocenters. The van der Waals surface area contributed by atoms with Crippen LogP contribution in [0.1, 0.15) is 56.6 Å². The van der Waals surface area contributed by atoms with Crippen molar-refractivity contribution >= 4 is 7.14 Å². The molecule has 2 aromatic rings. The van der Waals surface area contributed by atoms with Gasteiger partial charge in [0, 0.05) is 18.5 Å². The Bertz CT molecular complexity index is 588. The summed E-state index contributed by atoms with van der Waals surface area (Å²) in [5.41, 5.74) is 2.63. The van der Waals surface area contributed by atoms with E-state index < -0.39 is 7.14 Å². The van der Waals surface area contributed by atoms with Gasteiger partial charge >= 0.3 is 0 Å². The highest BCUT2D eigenvalue weighted by Gasteiger charge is 2.21. The maximum Gasteiger partial charge on any atom is 0.0884 e. The normalized spacial score (nSPS) is 11.6. The fourth-order valence-electron chi connectivity index (χ4n) is 3.47. The number of hydrogen-bond acceptors (Lipinski definition) is 1. The third kappa shape index (κ3) is 8.37. The molecular weight excluding hydrogens is 335 g/mol. The van der Waals surface area contributed by atoms with E-state index in [0.29, 0.717) is 0 Å². The zero-order valence-corrected chi connectivity index (χ0v) is 17.3. The summed E-state index contributed by atoms with van der Waals surface area (Å²) in [4.78, 5) is 0. The molecule has 0 spiro atoms. The van der Waals surface area contributed by atoms with Crippen molar-refractivity contribution in [2.24, 2.45) is 0 Å². The maximum atomic E-state index is 13.6. The van der Waals surface area contributed by atoms with E-state index in [1.165, 1.54) is 43.2 Å². The number of benzene rings is 2. The van der Waals surface area contributed by atoms with E-state index in [1.807, 2.05) is 0 Å². The number of aryl methyl sites for hydroxylation is 2. The van der Waals surface area contributed by atoms with E-state index in [0.717, 1.165) is 37.7 Å². The molecule has 0 aromatic heterocycles. The Morgan fingerprint density at radius 1 is 0.615 bits per heavy atom. The average molecular weight is 371 g/mol. The van der Waals surface area contributed by atoms with Crippen molar-refractivity contribution < 1.29 is 4.57 Å². The van der Waals surface area contributed by atoms with Crippen LogP contribution in [0.4, 0.5) is 0 Å². The minimum Gasteiger partial charge on any atom is -0.324 e. The summed E-state index contributed by atoms with van der Waals surface area (Å²) in [5.74, 6) is 0. The Morgan fingerprint density at radius 2 is 1.08 bits per heavy atom. The van der Waals surface area contributed by atoms with Crippen LogP contribution in [-0.2, 0) is 17.4 Å². The van der Waals surface area contributed by atoms with Gasteiger partial charge < -0.3 is 4.57 Å². The second-order valence-corrected chi connectivity index (χ2v) is 10.9. The third-order valence-corrected chi connectivity index (χ3v) is 8.43. The fraction of sp³-hybridized carbons (Fsp3) is 0.500. The van der Waals surface area contributed by atoms with Crippen molar-refractivity contribution in [3.63, 3.8) is 0 Å². The van der Waals surface area contributed by atoms with Gasteiger partial charge in [-0.2, -0.15) is 0 Å². The van der Waals surface area contributed by atoms with Crippen LogP contribution in [0.25, 0.3) is 0 Å². The van der Waals surface area contributed by atoms with Crippen molar-refractivity contribution in [1.82, 2.24) is 0 Å². The zero-order chi connectivity index (χ0) is 18.5. The molecule has 142 valence electrons. The van der Waals surface area contributed by atoms with Gasteiger partial charge in [-0.3, -0.25) is 0 Å². The maximum absolute atomic E-state index is 13.6. The van der Waals surface area contributed by atoms with Crippen LogP contribution in [-0.4, -0.2) is 18.5 Å². The monoisotopic (exact) mass is 370 g/mol. The Kier molecular flexibility index (Phi) is 9.78. The van der Waals surface area contributed by atoms with Crippen LogP contribution >= 0.6 is 7.14 Å². The highest BCUT2D eigenvalue weighted by molar-refractivity contribution is 7.63. The fourth-order valence-corrected chi connectivity index (χ4v) is 6.27. The molecule has 0 N–H and O–H groups in total. The van der Waals surface area contributed by atoms with Gasteiger partial charge in [-0.1, -0.05) is 99.7 Å². The number of hydrogen-bond donors (Lipinski definition) is 0. The summed E-state index contributed by atoms with van der Waals surface area (Å²) < 4.78 is 13.6. The van der Waals surface area contributed by atoms with Crippen molar-refractivity contribution in [3.8, 4) is 0 Å². The van der Waals surface area contributed by atoms with Gasteiger partial charge in [0.15, 0.2) is 0 Å². The molecule has 0 aliphatic heterocycles. The molecular formula is C24H35OP. The molecule has 0 radical (unpaired) electrons. The van der Waals surface area contributed by atoms with Crippen molar-refractivity contribution in [2.75, 3.05) is 18.5 Å². The lowest BCUT2D eigenvalue weighted by atomic mass is 10.1. The summed E-state index contributed by atoms with van der Waals surface area (Å²) in [7, 11) is -2.11. The largest absolute Gasteiger partial charge is 0.324 e. The topological polar surface area (TPSA) is 17.1 Å². The van der Waals surface area contributed by atoms with Crippen molar-refractivity contribution in [2.45, 2.75) is 58.3 Å². The molecule has 0 aliphatic rings. The molecule has 0 aliphatic carbocycles. The molecule has 0 unspecified atom stereocenters. The molecule has 0 amide bonds. The quantitative estimate of drug-likeness (QED) is 0.269. The van der Waals surface area contributed by atoms with Crippen LogP contribution in [0.3, 0.4) is 0 Å². The molecule has 0 heterocycles. The van der Waals surface area contributed by atoms with Crippen LogP contribution in [0.5, 0.6) is 0 Å². The second kappa shape index (κ2) is 12.1. The first kappa shape index (κ1) is 21.0. The van der Waals surface area contributed by atoms with E-state index in [1.54, 1.807) is 0 Å². The van der Waals surface area contributed by atoms with Gasteiger partial charge in [0.05, 0.1) is 7.14 Å². The van der Waals surface area contributed by atoms with Gasteiger partial charge in [0.1, 0.15) is 0 Å².